The molecule has 2 atom stereocenters. The summed E-state index contributed by atoms with van der Waals surface area (Å²) in [5.74, 6) is -1.38. The van der Waals surface area contributed by atoms with Gasteiger partial charge in [0.05, 0.1) is 12.0 Å². The fourth-order valence-electron chi connectivity index (χ4n) is 3.27. The van der Waals surface area contributed by atoms with Gasteiger partial charge in [-0.3, -0.25) is 9.79 Å². The molecule has 1 aliphatic carbocycles. The van der Waals surface area contributed by atoms with E-state index in [1.54, 1.807) is 13.0 Å². The Bertz CT molecular complexity index is 1030. The SMILES string of the molecule is CCOC(=O)c1c(O)c2c(n(C)c1=O)=C(Br)C(CC1=CCC(F)C=C1)CN=2. The molecule has 3 rings (SSSR count). The van der Waals surface area contributed by atoms with Gasteiger partial charge in [0.25, 0.3) is 5.56 Å². The third kappa shape index (κ3) is 3.63. The lowest BCUT2D eigenvalue weighted by molar-refractivity contribution is 0.0519. The molecule has 0 aromatic carbocycles. The summed E-state index contributed by atoms with van der Waals surface area (Å²) < 4.78 is 20.1. The minimum atomic E-state index is -0.947. The number of halogens is 2. The topological polar surface area (TPSA) is 80.9 Å². The van der Waals surface area contributed by atoms with Crippen molar-refractivity contribution in [2.24, 2.45) is 18.0 Å². The number of pyridine rings is 1. The van der Waals surface area contributed by atoms with Gasteiger partial charge in [-0.1, -0.05) is 39.7 Å². The molecule has 6 nitrogen and oxygen atoms in total. The largest absolute Gasteiger partial charge is 0.505 e. The van der Waals surface area contributed by atoms with Crippen molar-refractivity contribution < 1.29 is 19.0 Å². The number of rotatable bonds is 4. The molecule has 0 amide bonds. The quantitative estimate of drug-likeness (QED) is 0.724. The zero-order valence-electron chi connectivity index (χ0n) is 15.0. The van der Waals surface area contributed by atoms with Gasteiger partial charge in [0.2, 0.25) is 0 Å². The van der Waals surface area contributed by atoms with Crippen LogP contribution in [0.5, 0.6) is 5.75 Å². The Hall–Kier alpha value is -2.22. The molecule has 1 aliphatic heterocycles. The van der Waals surface area contributed by atoms with Crippen LogP contribution in [0.25, 0.3) is 4.48 Å². The summed E-state index contributed by atoms with van der Waals surface area (Å²) in [5, 5.41) is 11.1. The summed E-state index contributed by atoms with van der Waals surface area (Å²) >= 11 is 3.55. The zero-order chi connectivity index (χ0) is 19.7. The van der Waals surface area contributed by atoms with Gasteiger partial charge in [-0.15, -0.1) is 0 Å². The first-order chi connectivity index (χ1) is 12.8. The molecule has 0 saturated carbocycles. The Labute approximate surface area is 163 Å². The molecule has 2 unspecified atom stereocenters. The van der Waals surface area contributed by atoms with Gasteiger partial charge in [-0.25, -0.2) is 9.18 Å². The zero-order valence-corrected chi connectivity index (χ0v) is 16.6. The number of esters is 1. The van der Waals surface area contributed by atoms with Crippen molar-refractivity contribution in [1.29, 1.82) is 0 Å². The molecule has 0 radical (unpaired) electrons. The molecular formula is C19H20BrFN2O4. The summed E-state index contributed by atoms with van der Waals surface area (Å²) in [5.41, 5.74) is -0.0519. The van der Waals surface area contributed by atoms with Gasteiger partial charge in [-0.05, 0) is 13.3 Å². The van der Waals surface area contributed by atoms with E-state index in [1.165, 1.54) is 17.7 Å². The highest BCUT2D eigenvalue weighted by molar-refractivity contribution is 9.14. The van der Waals surface area contributed by atoms with Crippen molar-refractivity contribution in [2.45, 2.75) is 25.9 Å². The van der Waals surface area contributed by atoms with Crippen molar-refractivity contribution in [3.05, 3.63) is 50.4 Å². The maximum absolute atomic E-state index is 13.2. The average Bonchev–Trinajstić information content (AvgIpc) is 2.63. The maximum Gasteiger partial charge on any atom is 0.347 e. The van der Waals surface area contributed by atoms with Crippen LogP contribution in [-0.2, 0) is 11.8 Å². The molecule has 0 saturated heterocycles. The summed E-state index contributed by atoms with van der Waals surface area (Å²) in [4.78, 5) is 29.1. The number of carbonyl (C=O) groups is 1. The third-order valence-electron chi connectivity index (χ3n) is 4.68. The molecule has 1 aromatic heterocycles. The number of hydrogen-bond acceptors (Lipinski definition) is 5. The van der Waals surface area contributed by atoms with E-state index in [0.717, 1.165) is 10.1 Å². The number of hydrogen-bond donors (Lipinski definition) is 1. The Morgan fingerprint density at radius 2 is 2.26 bits per heavy atom. The number of fused-ring (bicyclic) bond motifs is 1. The molecule has 1 aromatic rings. The van der Waals surface area contributed by atoms with Gasteiger partial charge in [0, 0.05) is 30.4 Å². The van der Waals surface area contributed by atoms with Gasteiger partial charge >= 0.3 is 5.97 Å². The lowest BCUT2D eigenvalue weighted by Crippen LogP contribution is -2.48. The van der Waals surface area contributed by atoms with E-state index in [1.807, 2.05) is 6.08 Å². The second-order valence-electron chi connectivity index (χ2n) is 6.48. The van der Waals surface area contributed by atoms with Crippen LogP contribution in [0, 0.1) is 5.92 Å². The monoisotopic (exact) mass is 438 g/mol. The summed E-state index contributed by atoms with van der Waals surface area (Å²) in [6.45, 7) is 2.08. The van der Waals surface area contributed by atoms with E-state index in [9.17, 15) is 19.1 Å². The highest BCUT2D eigenvalue weighted by Crippen LogP contribution is 2.29. The summed E-state index contributed by atoms with van der Waals surface area (Å²) in [6.07, 6.45) is 5.19. The predicted molar refractivity (Wildman–Crippen MR) is 102 cm³/mol. The second-order valence-corrected chi connectivity index (χ2v) is 7.34. The summed E-state index contributed by atoms with van der Waals surface area (Å²) in [6, 6.07) is 0. The van der Waals surface area contributed by atoms with Crippen LogP contribution >= 0.6 is 15.9 Å². The predicted octanol–water partition coefficient (Wildman–Crippen LogP) is 1.63. The van der Waals surface area contributed by atoms with E-state index >= 15 is 0 Å². The molecule has 2 aliphatic rings. The molecule has 0 spiro atoms. The Morgan fingerprint density at radius 3 is 2.89 bits per heavy atom. The average molecular weight is 439 g/mol. The fraction of sp³-hybridized carbons (Fsp3) is 0.421. The minimum Gasteiger partial charge on any atom is -0.505 e. The minimum absolute atomic E-state index is 0.0528. The lowest BCUT2D eigenvalue weighted by atomic mass is 9.93. The van der Waals surface area contributed by atoms with E-state index in [2.05, 4.69) is 20.9 Å². The lowest BCUT2D eigenvalue weighted by Gasteiger charge is -2.21. The van der Waals surface area contributed by atoms with Crippen LogP contribution in [0.15, 0.2) is 33.6 Å². The van der Waals surface area contributed by atoms with Crippen molar-refractivity contribution in [2.75, 3.05) is 13.2 Å². The molecule has 1 N–H and O–H groups in total. The van der Waals surface area contributed by atoms with E-state index in [4.69, 9.17) is 4.74 Å². The molecule has 0 fully saturated rings. The number of ether oxygens (including phenoxy) is 1. The smallest absolute Gasteiger partial charge is 0.347 e. The Kier molecular flexibility index (Phi) is 5.64. The van der Waals surface area contributed by atoms with Gasteiger partial charge < -0.3 is 14.4 Å². The molecular weight excluding hydrogens is 419 g/mol. The highest BCUT2D eigenvalue weighted by Gasteiger charge is 2.27. The normalized spacial score (nSPS) is 21.3. The first-order valence-corrected chi connectivity index (χ1v) is 9.49. The molecule has 27 heavy (non-hydrogen) atoms. The van der Waals surface area contributed by atoms with Gasteiger partial charge in [0.1, 0.15) is 11.5 Å². The number of carbonyl (C=O) groups excluding carboxylic acids is 1. The number of aromatic nitrogens is 1. The van der Waals surface area contributed by atoms with E-state index in [-0.39, 0.29) is 17.9 Å². The van der Waals surface area contributed by atoms with Crippen LogP contribution < -0.4 is 16.3 Å². The summed E-state index contributed by atoms with van der Waals surface area (Å²) in [7, 11) is 1.52. The van der Waals surface area contributed by atoms with Crippen molar-refractivity contribution in [3.8, 4) is 5.75 Å². The second kappa shape index (κ2) is 7.80. The Morgan fingerprint density at radius 1 is 1.52 bits per heavy atom. The Balaban J connectivity index is 2.08. The van der Waals surface area contributed by atoms with Crippen LogP contribution in [-0.4, -0.2) is 35.0 Å². The molecule has 0 bridgehead atoms. The van der Waals surface area contributed by atoms with Crippen LogP contribution in [0.3, 0.4) is 0 Å². The molecule has 8 heteroatoms. The molecule has 2 heterocycles. The van der Waals surface area contributed by atoms with Gasteiger partial charge in [-0.2, -0.15) is 0 Å². The number of alkyl halides is 1. The first-order valence-electron chi connectivity index (χ1n) is 8.69. The van der Waals surface area contributed by atoms with E-state index < -0.39 is 29.0 Å². The fourth-order valence-corrected chi connectivity index (χ4v) is 4.03. The van der Waals surface area contributed by atoms with Crippen molar-refractivity contribution in [1.82, 2.24) is 4.57 Å². The van der Waals surface area contributed by atoms with Crippen LogP contribution in [0.4, 0.5) is 4.39 Å². The number of aromatic hydroxyl groups is 1. The third-order valence-corrected chi connectivity index (χ3v) is 5.70. The number of nitrogens with zero attached hydrogens (tertiary/aromatic N) is 2. The van der Waals surface area contributed by atoms with Gasteiger partial charge in [0.15, 0.2) is 11.3 Å². The van der Waals surface area contributed by atoms with E-state index in [0.29, 0.717) is 24.7 Å². The first kappa shape index (κ1) is 19.5. The number of allylic oxidation sites excluding steroid dienone is 4. The van der Waals surface area contributed by atoms with Crippen molar-refractivity contribution >= 4 is 26.4 Å². The van der Waals surface area contributed by atoms with Crippen LogP contribution in [0.2, 0.25) is 0 Å². The maximum atomic E-state index is 13.2. The van der Waals surface area contributed by atoms with Crippen LogP contribution in [0.1, 0.15) is 30.1 Å². The van der Waals surface area contributed by atoms with Crippen molar-refractivity contribution in [3.63, 3.8) is 0 Å². The molecule has 144 valence electrons. The standard InChI is InChI=1S/C19H20BrFN2O4/c1-3-27-19(26)13-17(24)15-16(23(2)18(13)25)14(20)11(9-22-15)8-10-4-6-12(21)7-5-10/h4-6,11-12,24H,3,7-9H2,1-2H3. The highest BCUT2D eigenvalue weighted by atomic mass is 79.9.